The number of ether oxygens (including phenoxy) is 1. The Kier molecular flexibility index (Phi) is 3.91. The van der Waals surface area contributed by atoms with Crippen LogP contribution in [-0.2, 0) is 10.2 Å². The maximum absolute atomic E-state index is 13.1. The molecule has 2 fully saturated rings. The van der Waals surface area contributed by atoms with Crippen molar-refractivity contribution in [1.29, 1.82) is 0 Å². The Morgan fingerprint density at radius 2 is 1.91 bits per heavy atom. The molecule has 1 amide bonds. The number of hydrogen-bond acceptors (Lipinski definition) is 3. The van der Waals surface area contributed by atoms with Gasteiger partial charge >= 0.3 is 0 Å². The second kappa shape index (κ2) is 5.52. The summed E-state index contributed by atoms with van der Waals surface area (Å²) in [5.74, 6) is 1.23. The average molecular weight is 317 g/mol. The first-order valence-corrected chi connectivity index (χ1v) is 8.50. The smallest absolute Gasteiger partial charge is 0.233 e. The summed E-state index contributed by atoms with van der Waals surface area (Å²) in [7, 11) is 1.64. The molecular weight excluding hydrogens is 290 g/mol. The van der Waals surface area contributed by atoms with E-state index in [1.54, 1.807) is 7.11 Å². The summed E-state index contributed by atoms with van der Waals surface area (Å²) in [6.45, 7) is 7.19. The molecule has 23 heavy (non-hydrogen) atoms. The molecule has 1 N–H and O–H groups in total. The topological polar surface area (TPSA) is 49.8 Å². The molecule has 0 bridgehead atoms. The van der Waals surface area contributed by atoms with E-state index in [1.165, 1.54) is 0 Å². The lowest BCUT2D eigenvalue weighted by molar-refractivity contribution is -0.134. The Bertz CT molecular complexity index is 591. The number of benzene rings is 1. The van der Waals surface area contributed by atoms with Crippen molar-refractivity contribution in [2.75, 3.05) is 20.2 Å². The molecule has 0 radical (unpaired) electrons. The van der Waals surface area contributed by atoms with Crippen LogP contribution >= 0.6 is 0 Å². The maximum atomic E-state index is 13.1. The molecule has 1 aliphatic carbocycles. The number of methoxy groups -OCH3 is 1. The highest BCUT2D eigenvalue weighted by atomic mass is 16.5. The summed E-state index contributed by atoms with van der Waals surface area (Å²) in [6.07, 6.45) is 1.78. The minimum atomic E-state index is -0.772. The first kappa shape index (κ1) is 16.3. The average Bonchev–Trinajstić information content (AvgIpc) is 3.29. The normalized spacial score (nSPS) is 29.0. The molecular formula is C19H27NO3. The molecule has 1 aromatic carbocycles. The van der Waals surface area contributed by atoms with E-state index in [-0.39, 0.29) is 23.2 Å². The Morgan fingerprint density at radius 3 is 2.35 bits per heavy atom. The van der Waals surface area contributed by atoms with Crippen molar-refractivity contribution in [3.63, 3.8) is 0 Å². The van der Waals surface area contributed by atoms with Gasteiger partial charge in [-0.1, -0.05) is 32.9 Å². The monoisotopic (exact) mass is 317 g/mol. The Balaban J connectivity index is 1.80. The standard InChI is InChI=1S/C19H27NO3/c1-13(2)19(22)12-20(11-14(19)3)17(21)18(9-10-18)15-5-7-16(23-4)8-6-15/h5-8,13-14,22H,9-12H2,1-4H3/t14-,19-/m1/s1. The quantitative estimate of drug-likeness (QED) is 0.928. The fraction of sp³-hybridized carbons (Fsp3) is 0.632. The van der Waals surface area contributed by atoms with Crippen molar-refractivity contribution >= 4 is 5.91 Å². The van der Waals surface area contributed by atoms with Crippen LogP contribution in [0.25, 0.3) is 0 Å². The third-order valence-electron chi connectivity index (χ3n) is 5.88. The molecule has 2 aliphatic rings. The van der Waals surface area contributed by atoms with Gasteiger partial charge in [0.15, 0.2) is 0 Å². The number of carbonyl (C=O) groups excluding carboxylic acids is 1. The van der Waals surface area contributed by atoms with E-state index in [9.17, 15) is 9.90 Å². The number of amides is 1. The van der Waals surface area contributed by atoms with Crippen LogP contribution in [0.15, 0.2) is 24.3 Å². The third-order valence-corrected chi connectivity index (χ3v) is 5.88. The van der Waals surface area contributed by atoms with Gasteiger partial charge in [0.1, 0.15) is 5.75 Å². The summed E-state index contributed by atoms with van der Waals surface area (Å²) >= 11 is 0. The molecule has 1 aliphatic heterocycles. The van der Waals surface area contributed by atoms with E-state index in [2.05, 4.69) is 0 Å². The fourth-order valence-corrected chi connectivity index (χ4v) is 3.88. The highest BCUT2D eigenvalue weighted by Gasteiger charge is 2.56. The summed E-state index contributed by atoms with van der Waals surface area (Å²) in [5.41, 5.74) is -0.0872. The van der Waals surface area contributed by atoms with Gasteiger partial charge in [-0.2, -0.15) is 0 Å². The zero-order chi connectivity index (χ0) is 16.8. The second-order valence-corrected chi connectivity index (χ2v) is 7.54. The van der Waals surface area contributed by atoms with Crippen LogP contribution in [0.2, 0.25) is 0 Å². The van der Waals surface area contributed by atoms with Gasteiger partial charge in [-0.25, -0.2) is 0 Å². The van der Waals surface area contributed by atoms with Gasteiger partial charge in [0.2, 0.25) is 5.91 Å². The molecule has 4 nitrogen and oxygen atoms in total. The molecule has 126 valence electrons. The lowest BCUT2D eigenvalue weighted by Crippen LogP contribution is -2.44. The number of aliphatic hydroxyl groups is 1. The zero-order valence-electron chi connectivity index (χ0n) is 14.5. The molecule has 4 heteroatoms. The van der Waals surface area contributed by atoms with Crippen molar-refractivity contribution < 1.29 is 14.6 Å². The fourth-order valence-electron chi connectivity index (χ4n) is 3.88. The van der Waals surface area contributed by atoms with Gasteiger partial charge < -0.3 is 14.7 Å². The third kappa shape index (κ3) is 2.53. The number of hydrogen-bond donors (Lipinski definition) is 1. The highest BCUT2D eigenvalue weighted by molar-refractivity contribution is 5.91. The van der Waals surface area contributed by atoms with Gasteiger partial charge in [-0.15, -0.1) is 0 Å². The predicted octanol–water partition coefficient (Wildman–Crippen LogP) is 2.59. The van der Waals surface area contributed by atoms with E-state index in [0.29, 0.717) is 13.1 Å². The second-order valence-electron chi connectivity index (χ2n) is 7.54. The number of rotatable bonds is 4. The minimum Gasteiger partial charge on any atom is -0.497 e. The van der Waals surface area contributed by atoms with E-state index in [0.717, 1.165) is 24.2 Å². The van der Waals surface area contributed by atoms with Crippen LogP contribution in [0.1, 0.15) is 39.2 Å². The van der Waals surface area contributed by atoms with Crippen molar-refractivity contribution in [3.8, 4) is 5.75 Å². The van der Waals surface area contributed by atoms with Gasteiger partial charge in [0.05, 0.1) is 18.1 Å². The Hall–Kier alpha value is -1.55. The lowest BCUT2D eigenvalue weighted by Gasteiger charge is -2.31. The van der Waals surface area contributed by atoms with Crippen molar-refractivity contribution in [3.05, 3.63) is 29.8 Å². The largest absolute Gasteiger partial charge is 0.497 e. The molecule has 2 atom stereocenters. The molecule has 1 aromatic rings. The molecule has 0 aromatic heterocycles. The molecule has 1 heterocycles. The summed E-state index contributed by atoms with van der Waals surface area (Å²) in [4.78, 5) is 15.0. The molecule has 0 unspecified atom stereocenters. The van der Waals surface area contributed by atoms with Crippen LogP contribution in [0, 0.1) is 11.8 Å². The first-order valence-electron chi connectivity index (χ1n) is 8.50. The summed E-state index contributed by atoms with van der Waals surface area (Å²) in [5, 5.41) is 10.9. The lowest BCUT2D eigenvalue weighted by atomic mass is 9.82. The number of β-amino-alcohol motifs (C(OH)–C–C–N with tert-alkyl or cyclic N) is 1. The number of carbonyl (C=O) groups is 1. The van der Waals surface area contributed by atoms with Gasteiger partial charge in [-0.05, 0) is 36.5 Å². The molecule has 3 rings (SSSR count). The van der Waals surface area contributed by atoms with E-state index in [4.69, 9.17) is 4.74 Å². The van der Waals surface area contributed by atoms with Crippen molar-refractivity contribution in [2.24, 2.45) is 11.8 Å². The first-order chi connectivity index (χ1) is 10.8. The van der Waals surface area contributed by atoms with Crippen molar-refractivity contribution in [2.45, 2.75) is 44.6 Å². The highest BCUT2D eigenvalue weighted by Crippen LogP contribution is 2.51. The Morgan fingerprint density at radius 1 is 1.30 bits per heavy atom. The van der Waals surface area contributed by atoms with Crippen LogP contribution < -0.4 is 4.74 Å². The van der Waals surface area contributed by atoms with Gasteiger partial charge in [-0.3, -0.25) is 4.79 Å². The number of nitrogens with zero attached hydrogens (tertiary/aromatic N) is 1. The predicted molar refractivity (Wildman–Crippen MR) is 89.4 cm³/mol. The summed E-state index contributed by atoms with van der Waals surface area (Å²) < 4.78 is 5.20. The van der Waals surface area contributed by atoms with E-state index >= 15 is 0 Å². The van der Waals surface area contributed by atoms with Crippen LogP contribution in [0.3, 0.4) is 0 Å². The van der Waals surface area contributed by atoms with Gasteiger partial charge in [0.25, 0.3) is 0 Å². The minimum absolute atomic E-state index is 0.109. The van der Waals surface area contributed by atoms with Gasteiger partial charge in [0, 0.05) is 19.0 Å². The zero-order valence-corrected chi connectivity index (χ0v) is 14.5. The van der Waals surface area contributed by atoms with Crippen LogP contribution in [0.4, 0.5) is 0 Å². The van der Waals surface area contributed by atoms with E-state index < -0.39 is 5.60 Å². The molecule has 1 saturated heterocycles. The molecule has 0 spiro atoms. The van der Waals surface area contributed by atoms with E-state index in [1.807, 2.05) is 49.9 Å². The number of likely N-dealkylation sites (tertiary alicyclic amines) is 1. The summed E-state index contributed by atoms with van der Waals surface area (Å²) in [6, 6.07) is 7.83. The van der Waals surface area contributed by atoms with Crippen molar-refractivity contribution in [1.82, 2.24) is 4.90 Å². The molecule has 1 saturated carbocycles. The van der Waals surface area contributed by atoms with Crippen LogP contribution in [0.5, 0.6) is 5.75 Å². The van der Waals surface area contributed by atoms with Crippen LogP contribution in [-0.4, -0.2) is 41.7 Å². The SMILES string of the molecule is COc1ccc(C2(C(=O)N3C[C@@H](C)[C@](O)(C(C)C)C3)CC2)cc1. The Labute approximate surface area is 138 Å². The maximum Gasteiger partial charge on any atom is 0.233 e.